The van der Waals surface area contributed by atoms with Crippen molar-refractivity contribution >= 4 is 45.2 Å². The normalized spacial score (nSPS) is 11.7. The molecule has 5 nitrogen and oxygen atoms in total. The molecule has 1 rings (SSSR count). The van der Waals surface area contributed by atoms with E-state index in [1.807, 2.05) is 6.92 Å². The zero-order chi connectivity index (χ0) is 14.4. The average molecular weight is 350 g/mol. The summed E-state index contributed by atoms with van der Waals surface area (Å²) in [5.74, 6) is -1.05. The number of amides is 2. The molecule has 0 heterocycles. The Morgan fingerprint density at radius 3 is 2.68 bits per heavy atom. The molecule has 0 fully saturated rings. The second kappa shape index (κ2) is 7.35. The summed E-state index contributed by atoms with van der Waals surface area (Å²) in [6.07, 6.45) is 1.05. The molecule has 0 unspecified atom stereocenters. The van der Waals surface area contributed by atoms with Gasteiger partial charge in [0.1, 0.15) is 6.04 Å². The second-order valence-corrected chi connectivity index (χ2v) is 5.19. The number of carboxylic acids is 1. The third kappa shape index (κ3) is 5.08. The first-order chi connectivity index (χ1) is 8.93. The Morgan fingerprint density at radius 2 is 2.16 bits per heavy atom. The number of carbonyl (C=O) groups excluding carboxylic acids is 1. The molecule has 2 amide bonds. The average Bonchev–Trinajstić information content (AvgIpc) is 2.32. The van der Waals surface area contributed by atoms with Crippen molar-refractivity contribution in [2.75, 3.05) is 5.32 Å². The molecular weight excluding hydrogens is 336 g/mol. The van der Waals surface area contributed by atoms with Crippen molar-refractivity contribution in [1.29, 1.82) is 0 Å². The Bertz CT molecular complexity index is 482. The van der Waals surface area contributed by atoms with Crippen LogP contribution in [0.1, 0.15) is 19.8 Å². The number of urea groups is 1. The third-order valence-corrected chi connectivity index (χ3v) is 3.25. The summed E-state index contributed by atoms with van der Waals surface area (Å²) in [6, 6.07) is 3.43. The van der Waals surface area contributed by atoms with Crippen LogP contribution in [0.5, 0.6) is 0 Å². The van der Waals surface area contributed by atoms with Gasteiger partial charge in [-0.1, -0.05) is 24.9 Å². The monoisotopic (exact) mass is 348 g/mol. The van der Waals surface area contributed by atoms with Crippen LogP contribution in [-0.4, -0.2) is 23.1 Å². The maximum absolute atomic E-state index is 11.7. The number of carbonyl (C=O) groups is 2. The van der Waals surface area contributed by atoms with Gasteiger partial charge in [-0.3, -0.25) is 0 Å². The third-order valence-electron chi connectivity index (χ3n) is 2.36. The van der Waals surface area contributed by atoms with Crippen molar-refractivity contribution < 1.29 is 14.7 Å². The van der Waals surface area contributed by atoms with Crippen molar-refractivity contribution in [3.8, 4) is 0 Å². The molecule has 0 aliphatic carbocycles. The number of aliphatic carboxylic acids is 1. The summed E-state index contributed by atoms with van der Waals surface area (Å²) < 4.78 is 0.623. The van der Waals surface area contributed by atoms with Crippen molar-refractivity contribution in [1.82, 2.24) is 5.32 Å². The Labute approximate surface area is 124 Å². The smallest absolute Gasteiger partial charge is 0.326 e. The number of hydrogen-bond acceptors (Lipinski definition) is 2. The minimum absolute atomic E-state index is 0.380. The summed E-state index contributed by atoms with van der Waals surface area (Å²) in [5.41, 5.74) is 0.516. The minimum atomic E-state index is -1.05. The molecule has 0 aliphatic rings. The molecule has 0 saturated carbocycles. The van der Waals surface area contributed by atoms with Gasteiger partial charge >= 0.3 is 12.0 Å². The van der Waals surface area contributed by atoms with Crippen molar-refractivity contribution in [2.24, 2.45) is 0 Å². The van der Waals surface area contributed by atoms with E-state index in [0.717, 1.165) is 0 Å². The van der Waals surface area contributed by atoms with Gasteiger partial charge < -0.3 is 15.7 Å². The molecule has 0 aliphatic heterocycles. The molecule has 0 radical (unpaired) electrons. The maximum atomic E-state index is 11.7. The predicted octanol–water partition coefficient (Wildman–Crippen LogP) is 3.48. The van der Waals surface area contributed by atoms with E-state index < -0.39 is 18.0 Å². The molecule has 19 heavy (non-hydrogen) atoms. The van der Waals surface area contributed by atoms with Gasteiger partial charge in [0.2, 0.25) is 0 Å². The van der Waals surface area contributed by atoms with Gasteiger partial charge in [-0.05, 0) is 40.5 Å². The zero-order valence-corrected chi connectivity index (χ0v) is 12.6. The molecule has 0 bridgehead atoms. The highest BCUT2D eigenvalue weighted by atomic mass is 79.9. The topological polar surface area (TPSA) is 78.4 Å². The number of rotatable bonds is 5. The van der Waals surface area contributed by atoms with Gasteiger partial charge in [0.05, 0.1) is 5.69 Å². The molecule has 3 N–H and O–H groups in total. The first-order valence-electron chi connectivity index (χ1n) is 5.69. The standard InChI is InChI=1S/C12H14BrClN2O3/c1-2-3-10(11(17)18)16-12(19)15-9-5-4-7(14)6-8(9)13/h4-6,10H,2-3H2,1H3,(H,17,18)(H2,15,16,19)/t10-/m1/s1. The Balaban J connectivity index is 2.66. The first kappa shape index (κ1) is 15.8. The summed E-state index contributed by atoms with van der Waals surface area (Å²) in [7, 11) is 0. The van der Waals surface area contributed by atoms with E-state index in [-0.39, 0.29) is 0 Å². The van der Waals surface area contributed by atoms with E-state index in [1.54, 1.807) is 18.2 Å². The van der Waals surface area contributed by atoms with Gasteiger partial charge in [-0.15, -0.1) is 0 Å². The van der Waals surface area contributed by atoms with Gasteiger partial charge in [0.25, 0.3) is 0 Å². The quantitative estimate of drug-likeness (QED) is 0.761. The Kier molecular flexibility index (Phi) is 6.11. The number of benzene rings is 1. The lowest BCUT2D eigenvalue weighted by atomic mass is 10.2. The molecular formula is C12H14BrClN2O3. The van der Waals surface area contributed by atoms with Crippen molar-refractivity contribution in [3.05, 3.63) is 27.7 Å². The maximum Gasteiger partial charge on any atom is 0.326 e. The number of halogens is 2. The van der Waals surface area contributed by atoms with E-state index in [9.17, 15) is 9.59 Å². The molecule has 7 heteroatoms. The highest BCUT2D eigenvalue weighted by molar-refractivity contribution is 9.10. The van der Waals surface area contributed by atoms with Crippen LogP contribution >= 0.6 is 27.5 Å². The van der Waals surface area contributed by atoms with Gasteiger partial charge in [-0.25, -0.2) is 9.59 Å². The highest BCUT2D eigenvalue weighted by Crippen LogP contribution is 2.25. The van der Waals surface area contributed by atoms with Crippen molar-refractivity contribution in [3.63, 3.8) is 0 Å². The van der Waals surface area contributed by atoms with Crippen LogP contribution in [0.3, 0.4) is 0 Å². The van der Waals surface area contributed by atoms with Crippen LogP contribution in [0, 0.1) is 0 Å². The van der Waals surface area contributed by atoms with E-state index in [2.05, 4.69) is 26.6 Å². The van der Waals surface area contributed by atoms with Crippen LogP contribution in [0.2, 0.25) is 5.02 Å². The molecule has 0 spiro atoms. The molecule has 0 saturated heterocycles. The van der Waals surface area contributed by atoms with Gasteiger partial charge in [0.15, 0.2) is 0 Å². The number of nitrogens with one attached hydrogen (secondary N) is 2. The number of hydrogen-bond donors (Lipinski definition) is 3. The lowest BCUT2D eigenvalue weighted by Gasteiger charge is -2.15. The van der Waals surface area contributed by atoms with E-state index >= 15 is 0 Å². The van der Waals surface area contributed by atoms with Gasteiger partial charge in [-0.2, -0.15) is 0 Å². The fourth-order valence-corrected chi connectivity index (χ4v) is 2.24. The SMILES string of the molecule is CCC[C@@H](NC(=O)Nc1ccc(Cl)cc1Br)C(=O)O. The fourth-order valence-electron chi connectivity index (χ4n) is 1.45. The molecule has 0 aromatic heterocycles. The predicted molar refractivity (Wildman–Crippen MR) is 77.6 cm³/mol. The Morgan fingerprint density at radius 1 is 1.47 bits per heavy atom. The van der Waals surface area contributed by atoms with Gasteiger partial charge in [0, 0.05) is 9.50 Å². The van der Waals surface area contributed by atoms with Crippen LogP contribution in [0.15, 0.2) is 22.7 Å². The molecule has 1 atom stereocenters. The second-order valence-electron chi connectivity index (χ2n) is 3.90. The van der Waals surface area contributed by atoms with E-state index in [4.69, 9.17) is 16.7 Å². The van der Waals surface area contributed by atoms with Crippen LogP contribution < -0.4 is 10.6 Å². The summed E-state index contributed by atoms with van der Waals surface area (Å²) >= 11 is 9.04. The summed E-state index contributed by atoms with van der Waals surface area (Å²) in [6.45, 7) is 1.85. The van der Waals surface area contributed by atoms with Crippen LogP contribution in [-0.2, 0) is 4.79 Å². The fraction of sp³-hybridized carbons (Fsp3) is 0.333. The molecule has 1 aromatic rings. The van der Waals surface area contributed by atoms with Crippen LogP contribution in [0.4, 0.5) is 10.5 Å². The number of carboxylic acid groups (broad SMARTS) is 1. The largest absolute Gasteiger partial charge is 0.480 e. The highest BCUT2D eigenvalue weighted by Gasteiger charge is 2.19. The number of anilines is 1. The molecule has 1 aromatic carbocycles. The van der Waals surface area contributed by atoms with Crippen molar-refractivity contribution in [2.45, 2.75) is 25.8 Å². The summed E-state index contributed by atoms with van der Waals surface area (Å²) in [5, 5.41) is 14.4. The first-order valence-corrected chi connectivity index (χ1v) is 6.86. The lowest BCUT2D eigenvalue weighted by Crippen LogP contribution is -2.42. The minimum Gasteiger partial charge on any atom is -0.480 e. The van der Waals surface area contributed by atoms with E-state index in [1.165, 1.54) is 0 Å². The lowest BCUT2D eigenvalue weighted by molar-refractivity contribution is -0.139. The zero-order valence-electron chi connectivity index (χ0n) is 10.2. The Hall–Kier alpha value is -1.27. The molecule has 104 valence electrons. The van der Waals surface area contributed by atoms with Crippen LogP contribution in [0.25, 0.3) is 0 Å². The van der Waals surface area contributed by atoms with E-state index in [0.29, 0.717) is 28.0 Å². The summed E-state index contributed by atoms with van der Waals surface area (Å²) in [4.78, 5) is 22.6.